The minimum atomic E-state index is -0.294. The molecule has 0 radical (unpaired) electrons. The molecule has 0 heterocycles. The standard InChI is InChI=1S/C9H16O3.C8H14O3/c1-9(8(10)12-3)6-7(9)4-5-11-2;1-8(7(10)11-2)5-6(8)3-4-9/h7H,4-6H2,1-3H3;6,9H,3-5H2,1-2H3/t7-,9+;6-,8+/m11/s1. The number of ether oxygens (including phenoxy) is 3. The molecule has 0 aromatic carbocycles. The number of carbonyl (C=O) groups is 2. The molecule has 134 valence electrons. The summed E-state index contributed by atoms with van der Waals surface area (Å²) in [6.45, 7) is 4.74. The molecule has 2 aliphatic rings. The zero-order valence-corrected chi connectivity index (χ0v) is 14.9. The van der Waals surface area contributed by atoms with E-state index in [2.05, 4.69) is 4.74 Å². The molecule has 2 aliphatic carbocycles. The number of rotatable bonds is 7. The molecule has 6 nitrogen and oxygen atoms in total. The van der Waals surface area contributed by atoms with Gasteiger partial charge in [-0.25, -0.2) is 0 Å². The van der Waals surface area contributed by atoms with Crippen LogP contribution < -0.4 is 0 Å². The third-order valence-corrected chi connectivity index (χ3v) is 5.27. The molecule has 0 spiro atoms. The van der Waals surface area contributed by atoms with Gasteiger partial charge < -0.3 is 19.3 Å². The zero-order valence-electron chi connectivity index (χ0n) is 14.9. The minimum absolute atomic E-state index is 0.0800. The van der Waals surface area contributed by atoms with E-state index in [1.807, 2.05) is 13.8 Å². The van der Waals surface area contributed by atoms with Crippen molar-refractivity contribution in [1.82, 2.24) is 0 Å². The van der Waals surface area contributed by atoms with Crippen LogP contribution >= 0.6 is 0 Å². The summed E-state index contributed by atoms with van der Waals surface area (Å²) in [5.41, 5.74) is -0.509. The summed E-state index contributed by atoms with van der Waals surface area (Å²) in [5.74, 6) is 0.574. The average Bonchev–Trinajstić information content (AvgIpc) is 3.41. The highest BCUT2D eigenvalue weighted by atomic mass is 16.5. The van der Waals surface area contributed by atoms with E-state index in [1.54, 1.807) is 7.11 Å². The van der Waals surface area contributed by atoms with E-state index >= 15 is 0 Å². The van der Waals surface area contributed by atoms with E-state index in [0.29, 0.717) is 18.3 Å². The van der Waals surface area contributed by atoms with Gasteiger partial charge in [0.05, 0.1) is 25.0 Å². The van der Waals surface area contributed by atoms with Crippen LogP contribution in [-0.2, 0) is 23.8 Å². The van der Waals surface area contributed by atoms with Crippen molar-refractivity contribution in [3.8, 4) is 0 Å². The van der Waals surface area contributed by atoms with Crippen molar-refractivity contribution >= 4 is 11.9 Å². The maximum absolute atomic E-state index is 11.2. The van der Waals surface area contributed by atoms with Gasteiger partial charge in [0, 0.05) is 20.3 Å². The first-order valence-electron chi connectivity index (χ1n) is 8.06. The van der Waals surface area contributed by atoms with Crippen molar-refractivity contribution in [2.24, 2.45) is 22.7 Å². The Morgan fingerprint density at radius 3 is 1.74 bits per heavy atom. The van der Waals surface area contributed by atoms with E-state index < -0.39 is 0 Å². The smallest absolute Gasteiger partial charge is 0.311 e. The Hall–Kier alpha value is -1.14. The molecule has 2 fully saturated rings. The van der Waals surface area contributed by atoms with E-state index in [9.17, 15) is 9.59 Å². The zero-order chi connectivity index (χ0) is 17.7. The molecule has 0 aromatic rings. The second kappa shape index (κ2) is 8.11. The number of hydrogen-bond donors (Lipinski definition) is 1. The van der Waals surface area contributed by atoms with Crippen molar-refractivity contribution in [1.29, 1.82) is 0 Å². The summed E-state index contributed by atoms with van der Waals surface area (Å²) in [6, 6.07) is 0. The highest BCUT2D eigenvalue weighted by Crippen LogP contribution is 2.55. The first-order chi connectivity index (χ1) is 10.8. The Kier molecular flexibility index (Phi) is 7.02. The lowest BCUT2D eigenvalue weighted by molar-refractivity contribution is -0.147. The second-order valence-electron chi connectivity index (χ2n) is 6.91. The molecule has 0 amide bonds. The SMILES string of the molecule is COC(=O)[C@@]1(C)C[C@H]1CCO.COCC[C@@H]1C[C@]1(C)C(=O)OC. The van der Waals surface area contributed by atoms with E-state index in [-0.39, 0.29) is 29.4 Å². The van der Waals surface area contributed by atoms with Crippen molar-refractivity contribution < 1.29 is 28.9 Å². The van der Waals surface area contributed by atoms with Gasteiger partial charge in [-0.05, 0) is 51.4 Å². The predicted octanol–water partition coefficient (Wildman–Crippen LogP) is 1.79. The number of aliphatic hydroxyl groups is 1. The van der Waals surface area contributed by atoms with Gasteiger partial charge in [-0.1, -0.05) is 0 Å². The van der Waals surface area contributed by atoms with Crippen LogP contribution in [0.2, 0.25) is 0 Å². The lowest BCUT2D eigenvalue weighted by Crippen LogP contribution is -2.16. The third-order valence-electron chi connectivity index (χ3n) is 5.27. The monoisotopic (exact) mass is 330 g/mol. The molecule has 0 saturated heterocycles. The second-order valence-corrected chi connectivity index (χ2v) is 6.91. The Bertz CT molecular complexity index is 423. The van der Waals surface area contributed by atoms with Gasteiger partial charge in [-0.2, -0.15) is 0 Å². The molecule has 0 unspecified atom stereocenters. The number of methoxy groups -OCH3 is 3. The quantitative estimate of drug-likeness (QED) is 0.717. The van der Waals surface area contributed by atoms with Gasteiger partial charge in [-0.15, -0.1) is 0 Å². The Balaban J connectivity index is 0.000000231. The average molecular weight is 330 g/mol. The molecule has 2 saturated carbocycles. The topological polar surface area (TPSA) is 82.1 Å². The maximum Gasteiger partial charge on any atom is 0.311 e. The Morgan fingerprint density at radius 2 is 1.39 bits per heavy atom. The summed E-state index contributed by atoms with van der Waals surface area (Å²) < 4.78 is 14.3. The number of aliphatic hydroxyl groups excluding tert-OH is 1. The number of esters is 2. The largest absolute Gasteiger partial charge is 0.469 e. The fourth-order valence-corrected chi connectivity index (χ4v) is 3.13. The molecule has 4 atom stereocenters. The Morgan fingerprint density at radius 1 is 0.957 bits per heavy atom. The number of carbonyl (C=O) groups excluding carboxylic acids is 2. The van der Waals surface area contributed by atoms with Crippen LogP contribution in [0.5, 0.6) is 0 Å². The third kappa shape index (κ3) is 4.67. The molecular weight excluding hydrogens is 300 g/mol. The van der Waals surface area contributed by atoms with E-state index in [4.69, 9.17) is 14.6 Å². The summed E-state index contributed by atoms with van der Waals surface area (Å²) in [6.07, 6.45) is 3.48. The van der Waals surface area contributed by atoms with Crippen molar-refractivity contribution in [2.45, 2.75) is 39.5 Å². The normalized spacial score (nSPS) is 34.0. The van der Waals surface area contributed by atoms with Crippen LogP contribution in [-0.4, -0.2) is 51.6 Å². The molecule has 2 rings (SSSR count). The lowest BCUT2D eigenvalue weighted by Gasteiger charge is -2.07. The maximum atomic E-state index is 11.2. The molecule has 0 bridgehead atoms. The van der Waals surface area contributed by atoms with Crippen LogP contribution in [0.1, 0.15) is 39.5 Å². The summed E-state index contributed by atoms with van der Waals surface area (Å²) in [7, 11) is 4.53. The highest BCUT2D eigenvalue weighted by Gasteiger charge is 2.56. The molecular formula is C17H30O6. The highest BCUT2D eigenvalue weighted by molar-refractivity contribution is 5.80. The fourth-order valence-electron chi connectivity index (χ4n) is 3.13. The summed E-state index contributed by atoms with van der Waals surface area (Å²) in [4.78, 5) is 22.3. The molecule has 0 aliphatic heterocycles. The van der Waals surface area contributed by atoms with Gasteiger partial charge in [0.15, 0.2) is 0 Å². The van der Waals surface area contributed by atoms with Crippen LogP contribution in [0, 0.1) is 22.7 Å². The van der Waals surface area contributed by atoms with E-state index in [0.717, 1.165) is 25.9 Å². The Labute approximate surface area is 138 Å². The van der Waals surface area contributed by atoms with Crippen LogP contribution in [0.4, 0.5) is 0 Å². The van der Waals surface area contributed by atoms with Gasteiger partial charge in [-0.3, -0.25) is 9.59 Å². The molecule has 1 N–H and O–H groups in total. The van der Waals surface area contributed by atoms with E-state index in [1.165, 1.54) is 14.2 Å². The number of hydrogen-bond acceptors (Lipinski definition) is 6. The molecule has 6 heteroatoms. The van der Waals surface area contributed by atoms with Crippen molar-refractivity contribution in [3.63, 3.8) is 0 Å². The lowest BCUT2D eigenvalue weighted by atomic mass is 10.1. The summed E-state index contributed by atoms with van der Waals surface area (Å²) in [5, 5.41) is 8.61. The predicted molar refractivity (Wildman–Crippen MR) is 84.7 cm³/mol. The van der Waals surface area contributed by atoms with Crippen LogP contribution in [0.25, 0.3) is 0 Å². The summed E-state index contributed by atoms with van der Waals surface area (Å²) >= 11 is 0. The van der Waals surface area contributed by atoms with Crippen molar-refractivity contribution in [3.05, 3.63) is 0 Å². The van der Waals surface area contributed by atoms with Crippen LogP contribution in [0.3, 0.4) is 0 Å². The molecule has 0 aromatic heterocycles. The van der Waals surface area contributed by atoms with Gasteiger partial charge in [0.25, 0.3) is 0 Å². The first-order valence-corrected chi connectivity index (χ1v) is 8.06. The van der Waals surface area contributed by atoms with Gasteiger partial charge >= 0.3 is 11.9 Å². The molecule has 23 heavy (non-hydrogen) atoms. The van der Waals surface area contributed by atoms with Crippen molar-refractivity contribution in [2.75, 3.05) is 34.5 Å². The van der Waals surface area contributed by atoms with Gasteiger partial charge in [0.1, 0.15) is 0 Å². The van der Waals surface area contributed by atoms with Crippen LogP contribution in [0.15, 0.2) is 0 Å². The first kappa shape index (κ1) is 19.9. The van der Waals surface area contributed by atoms with Gasteiger partial charge in [0.2, 0.25) is 0 Å². The fraction of sp³-hybridized carbons (Fsp3) is 0.882. The minimum Gasteiger partial charge on any atom is -0.469 e.